The van der Waals surface area contributed by atoms with E-state index in [-0.39, 0.29) is 5.75 Å². The minimum absolute atomic E-state index is 0.171. The second-order valence-electron chi connectivity index (χ2n) is 6.02. The molecule has 5 nitrogen and oxygen atoms in total. The Kier molecular flexibility index (Phi) is 4.19. The highest BCUT2D eigenvalue weighted by Gasteiger charge is 2.12. The summed E-state index contributed by atoms with van der Waals surface area (Å²) < 4.78 is 21.0. The van der Waals surface area contributed by atoms with E-state index in [4.69, 9.17) is 4.74 Å². The number of ether oxygens (including phenoxy) is 1. The molecule has 0 atom stereocenters. The van der Waals surface area contributed by atoms with Crippen molar-refractivity contribution in [1.82, 2.24) is 9.61 Å². The molecule has 0 radical (unpaired) electrons. The van der Waals surface area contributed by atoms with Gasteiger partial charge in [0.15, 0.2) is 11.6 Å². The van der Waals surface area contributed by atoms with Gasteiger partial charge in [-0.2, -0.15) is 10.4 Å². The fourth-order valence-electron chi connectivity index (χ4n) is 2.85. The number of halogens is 1. The third-order valence-electron chi connectivity index (χ3n) is 4.19. The molecule has 0 spiro atoms. The topological polar surface area (TPSA) is 62.4 Å². The summed E-state index contributed by atoms with van der Waals surface area (Å²) in [7, 11) is 0. The van der Waals surface area contributed by atoms with Crippen molar-refractivity contribution in [3.8, 4) is 17.6 Å². The molecule has 2 aromatic carbocycles. The molecular formula is C21H15FN4O. The third kappa shape index (κ3) is 3.18. The summed E-state index contributed by atoms with van der Waals surface area (Å²) >= 11 is 0. The van der Waals surface area contributed by atoms with Gasteiger partial charge in [0.1, 0.15) is 11.8 Å². The van der Waals surface area contributed by atoms with Crippen molar-refractivity contribution < 1.29 is 9.13 Å². The SMILES string of the molecule is Cc1ccn2ncc(C#N)c(Nc3ccc(Oc4ccccc4F)cc3)c12. The number of aryl methyl sites for hydroxylation is 1. The molecule has 0 bridgehead atoms. The van der Waals surface area contributed by atoms with Gasteiger partial charge in [-0.1, -0.05) is 12.1 Å². The predicted octanol–water partition coefficient (Wildman–Crippen LogP) is 5.19. The number of aromatic nitrogens is 2. The van der Waals surface area contributed by atoms with Crippen LogP contribution in [-0.4, -0.2) is 9.61 Å². The van der Waals surface area contributed by atoms with Crippen LogP contribution in [0.1, 0.15) is 11.1 Å². The Balaban J connectivity index is 1.63. The van der Waals surface area contributed by atoms with Crippen LogP contribution in [0, 0.1) is 24.1 Å². The summed E-state index contributed by atoms with van der Waals surface area (Å²) in [5, 5.41) is 16.9. The van der Waals surface area contributed by atoms with Crippen molar-refractivity contribution in [2.24, 2.45) is 0 Å². The zero-order chi connectivity index (χ0) is 18.8. The van der Waals surface area contributed by atoms with E-state index in [1.165, 1.54) is 12.3 Å². The molecule has 1 N–H and O–H groups in total. The lowest BCUT2D eigenvalue weighted by atomic mass is 10.2. The Morgan fingerprint density at radius 2 is 1.89 bits per heavy atom. The molecule has 2 heterocycles. The molecule has 6 heteroatoms. The first-order chi connectivity index (χ1) is 13.2. The van der Waals surface area contributed by atoms with Gasteiger partial charge in [0.2, 0.25) is 0 Å². The average Bonchev–Trinajstić information content (AvgIpc) is 3.07. The van der Waals surface area contributed by atoms with E-state index < -0.39 is 5.82 Å². The molecular weight excluding hydrogens is 343 g/mol. The van der Waals surface area contributed by atoms with Crippen molar-refractivity contribution in [1.29, 1.82) is 5.26 Å². The van der Waals surface area contributed by atoms with Gasteiger partial charge in [0.25, 0.3) is 0 Å². The second-order valence-corrected chi connectivity index (χ2v) is 6.02. The van der Waals surface area contributed by atoms with Crippen LogP contribution in [0.3, 0.4) is 0 Å². The minimum atomic E-state index is -0.416. The fourth-order valence-corrected chi connectivity index (χ4v) is 2.85. The van der Waals surface area contributed by atoms with Gasteiger partial charge >= 0.3 is 0 Å². The maximum Gasteiger partial charge on any atom is 0.165 e. The van der Waals surface area contributed by atoms with Gasteiger partial charge in [-0.15, -0.1) is 0 Å². The zero-order valence-corrected chi connectivity index (χ0v) is 14.5. The van der Waals surface area contributed by atoms with Crippen molar-refractivity contribution in [3.63, 3.8) is 0 Å². The van der Waals surface area contributed by atoms with E-state index in [9.17, 15) is 9.65 Å². The van der Waals surface area contributed by atoms with Gasteiger partial charge in [-0.3, -0.25) is 0 Å². The number of nitrogens with zero attached hydrogens (tertiary/aromatic N) is 3. The van der Waals surface area contributed by atoms with Crippen molar-refractivity contribution in [2.45, 2.75) is 6.92 Å². The zero-order valence-electron chi connectivity index (χ0n) is 14.5. The molecule has 0 amide bonds. The summed E-state index contributed by atoms with van der Waals surface area (Å²) in [6, 6.07) is 17.5. The Morgan fingerprint density at radius 1 is 1.11 bits per heavy atom. The summed E-state index contributed by atoms with van der Waals surface area (Å²) in [4.78, 5) is 0. The molecule has 4 aromatic rings. The van der Waals surface area contributed by atoms with E-state index in [0.29, 0.717) is 17.0 Å². The van der Waals surface area contributed by atoms with Crippen LogP contribution in [0.15, 0.2) is 67.0 Å². The number of nitrogens with one attached hydrogen (secondary N) is 1. The van der Waals surface area contributed by atoms with Crippen LogP contribution < -0.4 is 10.1 Å². The largest absolute Gasteiger partial charge is 0.454 e. The van der Waals surface area contributed by atoms with E-state index in [1.807, 2.05) is 31.3 Å². The van der Waals surface area contributed by atoms with Crippen molar-refractivity contribution >= 4 is 16.9 Å². The Labute approximate surface area is 155 Å². The van der Waals surface area contributed by atoms with E-state index >= 15 is 0 Å². The quantitative estimate of drug-likeness (QED) is 0.545. The molecule has 0 fully saturated rings. The average molecular weight is 358 g/mol. The molecule has 0 saturated heterocycles. The normalized spacial score (nSPS) is 10.6. The first-order valence-electron chi connectivity index (χ1n) is 8.32. The van der Waals surface area contributed by atoms with E-state index in [1.54, 1.807) is 34.8 Å². The number of nitriles is 1. The molecule has 27 heavy (non-hydrogen) atoms. The van der Waals surface area contributed by atoms with Gasteiger partial charge in [0, 0.05) is 11.9 Å². The van der Waals surface area contributed by atoms with Crippen LogP contribution >= 0.6 is 0 Å². The van der Waals surface area contributed by atoms with Gasteiger partial charge in [0.05, 0.1) is 23.0 Å². The maximum atomic E-state index is 13.7. The lowest BCUT2D eigenvalue weighted by molar-refractivity contribution is 0.442. The number of rotatable bonds is 4. The molecule has 2 aromatic heterocycles. The molecule has 0 aliphatic heterocycles. The first-order valence-corrected chi connectivity index (χ1v) is 8.32. The van der Waals surface area contributed by atoms with Gasteiger partial charge in [-0.25, -0.2) is 8.91 Å². The number of hydrogen-bond acceptors (Lipinski definition) is 4. The highest BCUT2D eigenvalue weighted by Crippen LogP contribution is 2.30. The molecule has 0 aliphatic carbocycles. The molecule has 0 unspecified atom stereocenters. The Morgan fingerprint density at radius 3 is 2.63 bits per heavy atom. The highest BCUT2D eigenvalue weighted by molar-refractivity contribution is 5.84. The third-order valence-corrected chi connectivity index (χ3v) is 4.19. The van der Waals surface area contributed by atoms with Crippen LogP contribution in [-0.2, 0) is 0 Å². The molecule has 0 aliphatic rings. The van der Waals surface area contributed by atoms with Crippen LogP contribution in [0.5, 0.6) is 11.5 Å². The molecule has 132 valence electrons. The Bertz CT molecular complexity index is 1160. The van der Waals surface area contributed by atoms with E-state index in [2.05, 4.69) is 16.5 Å². The van der Waals surface area contributed by atoms with Crippen molar-refractivity contribution in [2.75, 3.05) is 5.32 Å². The summed E-state index contributed by atoms with van der Waals surface area (Å²) in [5.41, 5.74) is 3.79. The number of para-hydroxylation sites is 1. The number of benzene rings is 2. The second kappa shape index (κ2) is 6.81. The predicted molar refractivity (Wildman–Crippen MR) is 101 cm³/mol. The summed E-state index contributed by atoms with van der Waals surface area (Å²) in [6.45, 7) is 1.97. The summed E-state index contributed by atoms with van der Waals surface area (Å²) in [5.74, 6) is 0.274. The molecule has 4 rings (SSSR count). The lowest BCUT2D eigenvalue weighted by Gasteiger charge is -2.12. The Hall–Kier alpha value is -3.85. The fraction of sp³-hybridized carbons (Fsp3) is 0.0476. The minimum Gasteiger partial charge on any atom is -0.454 e. The lowest BCUT2D eigenvalue weighted by Crippen LogP contribution is -2.00. The summed E-state index contributed by atoms with van der Waals surface area (Å²) in [6.07, 6.45) is 3.38. The number of hydrogen-bond donors (Lipinski definition) is 1. The number of fused-ring (bicyclic) bond motifs is 1. The standard InChI is InChI=1S/C21H15FN4O/c1-14-10-11-26-21(14)20(15(12-23)13-24-26)25-16-6-8-17(9-7-16)27-19-5-3-2-4-18(19)22/h2-11,13,25H,1H3. The first kappa shape index (κ1) is 16.6. The monoisotopic (exact) mass is 358 g/mol. The van der Waals surface area contributed by atoms with Crippen LogP contribution in [0.2, 0.25) is 0 Å². The van der Waals surface area contributed by atoms with E-state index in [0.717, 1.165) is 16.8 Å². The molecule has 0 saturated carbocycles. The van der Waals surface area contributed by atoms with Crippen LogP contribution in [0.4, 0.5) is 15.8 Å². The van der Waals surface area contributed by atoms with Gasteiger partial charge < -0.3 is 10.1 Å². The van der Waals surface area contributed by atoms with Crippen molar-refractivity contribution in [3.05, 3.63) is 83.9 Å². The maximum absolute atomic E-state index is 13.7. The smallest absolute Gasteiger partial charge is 0.165 e. The number of anilines is 2. The highest BCUT2D eigenvalue weighted by atomic mass is 19.1. The van der Waals surface area contributed by atoms with Crippen LogP contribution in [0.25, 0.3) is 5.52 Å². The van der Waals surface area contributed by atoms with Gasteiger partial charge in [-0.05, 0) is 55.0 Å².